The first kappa shape index (κ1) is 13.9. The minimum absolute atomic E-state index is 0.113. The van der Waals surface area contributed by atoms with E-state index in [4.69, 9.17) is 9.47 Å². The van der Waals surface area contributed by atoms with Gasteiger partial charge in [-0.3, -0.25) is 14.8 Å². The van der Waals surface area contributed by atoms with Gasteiger partial charge in [-0.15, -0.1) is 0 Å². The third-order valence-corrected chi connectivity index (χ3v) is 2.70. The van der Waals surface area contributed by atoms with Crippen LogP contribution in [0.5, 0.6) is 5.75 Å². The highest BCUT2D eigenvalue weighted by molar-refractivity contribution is 5.70. The zero-order valence-electron chi connectivity index (χ0n) is 11.1. The van der Waals surface area contributed by atoms with E-state index in [2.05, 4.69) is 10.1 Å². The van der Waals surface area contributed by atoms with Gasteiger partial charge in [-0.05, 0) is 6.07 Å². The first-order valence-electron chi connectivity index (χ1n) is 5.87. The first-order chi connectivity index (χ1) is 9.67. The monoisotopic (exact) mass is 278 g/mol. The Morgan fingerprint density at radius 3 is 2.85 bits per heavy atom. The van der Waals surface area contributed by atoms with Gasteiger partial charge in [0.2, 0.25) is 5.75 Å². The van der Waals surface area contributed by atoms with Gasteiger partial charge in [-0.2, -0.15) is 5.10 Å². The number of rotatable bonds is 6. The summed E-state index contributed by atoms with van der Waals surface area (Å²) in [5.74, 6) is 0.531. The first-order valence-corrected chi connectivity index (χ1v) is 5.87. The lowest BCUT2D eigenvalue weighted by Gasteiger charge is -2.05. The van der Waals surface area contributed by atoms with Gasteiger partial charge in [0.1, 0.15) is 6.33 Å². The van der Waals surface area contributed by atoms with E-state index in [0.29, 0.717) is 24.5 Å². The number of methoxy groups -OCH3 is 2. The van der Waals surface area contributed by atoms with Gasteiger partial charge >= 0.3 is 5.69 Å². The van der Waals surface area contributed by atoms with Crippen molar-refractivity contribution in [3.05, 3.63) is 34.6 Å². The summed E-state index contributed by atoms with van der Waals surface area (Å²) in [5.41, 5.74) is 0.371. The highest BCUT2D eigenvalue weighted by Crippen LogP contribution is 2.35. The number of hydrogen-bond donors (Lipinski definition) is 0. The smallest absolute Gasteiger partial charge is 0.311 e. The molecule has 0 aliphatic rings. The van der Waals surface area contributed by atoms with E-state index in [1.54, 1.807) is 30.3 Å². The van der Waals surface area contributed by atoms with Crippen molar-refractivity contribution in [3.63, 3.8) is 0 Å². The highest BCUT2D eigenvalue weighted by Gasteiger charge is 2.21. The van der Waals surface area contributed by atoms with Crippen molar-refractivity contribution in [2.45, 2.75) is 6.54 Å². The van der Waals surface area contributed by atoms with Gasteiger partial charge in [-0.25, -0.2) is 4.98 Å². The van der Waals surface area contributed by atoms with Crippen LogP contribution < -0.4 is 4.74 Å². The topological polar surface area (TPSA) is 92.3 Å². The molecule has 1 heterocycles. The molecule has 0 radical (unpaired) electrons. The van der Waals surface area contributed by atoms with Crippen molar-refractivity contribution in [1.82, 2.24) is 14.8 Å². The summed E-state index contributed by atoms with van der Waals surface area (Å²) in [6, 6.07) is 4.64. The minimum atomic E-state index is -0.496. The van der Waals surface area contributed by atoms with Crippen LogP contribution in [-0.4, -0.2) is 40.5 Å². The largest absolute Gasteiger partial charge is 0.490 e. The Balaban J connectivity index is 2.39. The number of nitrogens with zero attached hydrogens (tertiary/aromatic N) is 4. The molecule has 8 heteroatoms. The lowest BCUT2D eigenvalue weighted by Crippen LogP contribution is -2.04. The molecule has 0 unspecified atom stereocenters. The fourth-order valence-electron chi connectivity index (χ4n) is 1.77. The highest BCUT2D eigenvalue weighted by atomic mass is 16.6. The third-order valence-electron chi connectivity index (χ3n) is 2.70. The second kappa shape index (κ2) is 6.11. The molecule has 0 saturated heterocycles. The molecule has 0 saturated carbocycles. The molecule has 0 spiro atoms. The molecular formula is C12H14N4O4. The summed E-state index contributed by atoms with van der Waals surface area (Å²) in [5, 5.41) is 15.2. The summed E-state index contributed by atoms with van der Waals surface area (Å²) in [7, 11) is 2.98. The van der Waals surface area contributed by atoms with E-state index in [9.17, 15) is 10.1 Å². The van der Waals surface area contributed by atoms with Crippen LogP contribution in [0.3, 0.4) is 0 Å². The van der Waals surface area contributed by atoms with E-state index in [-0.39, 0.29) is 11.4 Å². The van der Waals surface area contributed by atoms with Crippen LogP contribution in [-0.2, 0) is 11.3 Å². The van der Waals surface area contributed by atoms with Crippen molar-refractivity contribution in [1.29, 1.82) is 0 Å². The zero-order valence-corrected chi connectivity index (χ0v) is 11.1. The lowest BCUT2D eigenvalue weighted by atomic mass is 10.1. The molecule has 20 heavy (non-hydrogen) atoms. The summed E-state index contributed by atoms with van der Waals surface area (Å²) in [4.78, 5) is 14.6. The zero-order chi connectivity index (χ0) is 14.5. The van der Waals surface area contributed by atoms with E-state index in [1.165, 1.54) is 13.2 Å². The molecule has 0 amide bonds. The van der Waals surface area contributed by atoms with Crippen LogP contribution in [0.2, 0.25) is 0 Å². The van der Waals surface area contributed by atoms with Gasteiger partial charge in [-0.1, -0.05) is 6.07 Å². The van der Waals surface area contributed by atoms with Crippen LogP contribution in [0, 0.1) is 10.1 Å². The normalized spacial score (nSPS) is 10.5. The molecule has 0 N–H and O–H groups in total. The quantitative estimate of drug-likeness (QED) is 0.587. The van der Waals surface area contributed by atoms with E-state index in [1.807, 2.05) is 0 Å². The Labute approximate surface area is 115 Å². The van der Waals surface area contributed by atoms with Crippen LogP contribution >= 0.6 is 0 Å². The molecular weight excluding hydrogens is 264 g/mol. The molecule has 2 rings (SSSR count). The number of para-hydroxylation sites is 1. The Kier molecular flexibility index (Phi) is 4.26. The molecule has 2 aromatic rings. The minimum Gasteiger partial charge on any atom is -0.490 e. The summed E-state index contributed by atoms with van der Waals surface area (Å²) >= 11 is 0. The van der Waals surface area contributed by atoms with Gasteiger partial charge in [0.15, 0.2) is 5.82 Å². The van der Waals surface area contributed by atoms with Crippen molar-refractivity contribution < 1.29 is 14.4 Å². The van der Waals surface area contributed by atoms with Crippen molar-refractivity contribution in [3.8, 4) is 17.1 Å². The Hall–Kier alpha value is -2.48. The second-order valence-corrected chi connectivity index (χ2v) is 3.94. The molecule has 1 aromatic heterocycles. The predicted octanol–water partition coefficient (Wildman–Crippen LogP) is 1.51. The van der Waals surface area contributed by atoms with E-state index >= 15 is 0 Å². The molecule has 8 nitrogen and oxygen atoms in total. The molecule has 0 aliphatic carbocycles. The summed E-state index contributed by atoms with van der Waals surface area (Å²) in [6.07, 6.45) is 1.55. The third kappa shape index (κ3) is 2.75. The van der Waals surface area contributed by atoms with Crippen LogP contribution in [0.4, 0.5) is 5.69 Å². The number of ether oxygens (including phenoxy) is 2. The van der Waals surface area contributed by atoms with Crippen LogP contribution in [0.15, 0.2) is 24.5 Å². The van der Waals surface area contributed by atoms with Crippen molar-refractivity contribution in [2.75, 3.05) is 20.8 Å². The Bertz CT molecular complexity index is 611. The molecule has 0 fully saturated rings. The fraction of sp³-hybridized carbons (Fsp3) is 0.333. The average molecular weight is 278 g/mol. The second-order valence-electron chi connectivity index (χ2n) is 3.94. The van der Waals surface area contributed by atoms with Gasteiger partial charge < -0.3 is 9.47 Å². The average Bonchev–Trinajstić information content (AvgIpc) is 2.92. The molecule has 1 aromatic carbocycles. The maximum atomic E-state index is 11.0. The molecule has 0 bridgehead atoms. The molecule has 0 atom stereocenters. The van der Waals surface area contributed by atoms with Gasteiger partial charge in [0, 0.05) is 13.2 Å². The van der Waals surface area contributed by atoms with Crippen molar-refractivity contribution in [2.24, 2.45) is 0 Å². The predicted molar refractivity (Wildman–Crippen MR) is 70.5 cm³/mol. The van der Waals surface area contributed by atoms with E-state index in [0.717, 1.165) is 0 Å². The fourth-order valence-corrected chi connectivity index (χ4v) is 1.77. The number of nitro groups is 1. The lowest BCUT2D eigenvalue weighted by molar-refractivity contribution is -0.385. The molecule has 0 aliphatic heterocycles. The Morgan fingerprint density at radius 1 is 1.40 bits per heavy atom. The molecule has 106 valence electrons. The van der Waals surface area contributed by atoms with Gasteiger partial charge in [0.25, 0.3) is 0 Å². The van der Waals surface area contributed by atoms with Crippen LogP contribution in [0.25, 0.3) is 11.4 Å². The number of aromatic nitrogens is 3. The van der Waals surface area contributed by atoms with Crippen LogP contribution in [0.1, 0.15) is 0 Å². The summed E-state index contributed by atoms with van der Waals surface area (Å²) < 4.78 is 11.7. The number of nitro benzene ring substituents is 1. The van der Waals surface area contributed by atoms with Gasteiger partial charge in [0.05, 0.1) is 30.7 Å². The SMILES string of the molecule is COCCn1cnc(-c2cccc([N+](=O)[O-])c2OC)n1. The summed E-state index contributed by atoms with van der Waals surface area (Å²) in [6.45, 7) is 1.07. The van der Waals surface area contributed by atoms with Crippen molar-refractivity contribution >= 4 is 5.69 Å². The standard InChI is InChI=1S/C12H14N4O4/c1-19-7-6-15-8-13-12(14-15)9-4-3-5-10(16(17)18)11(9)20-2/h3-5,8H,6-7H2,1-2H3. The maximum absolute atomic E-state index is 11.0. The number of benzene rings is 1. The maximum Gasteiger partial charge on any atom is 0.311 e. The van der Waals surface area contributed by atoms with E-state index < -0.39 is 4.92 Å². The Morgan fingerprint density at radius 2 is 2.20 bits per heavy atom. The number of hydrogen-bond acceptors (Lipinski definition) is 6.